The Bertz CT molecular complexity index is 693. The fraction of sp³-hybridized carbons (Fsp3) is 0.571. The van der Waals surface area contributed by atoms with Crippen LogP contribution in [0.4, 0.5) is 0 Å². The number of nitrogens with zero attached hydrogens (tertiary/aromatic N) is 4. The van der Waals surface area contributed by atoms with Gasteiger partial charge in [0.1, 0.15) is 6.33 Å². The summed E-state index contributed by atoms with van der Waals surface area (Å²) in [6.45, 7) is 13.6. The van der Waals surface area contributed by atoms with E-state index in [1.54, 1.807) is 0 Å². The molecule has 28 heavy (non-hydrogen) atoms. The molecule has 0 saturated carbocycles. The number of rotatable bonds is 11. The van der Waals surface area contributed by atoms with Crippen molar-refractivity contribution in [1.29, 1.82) is 0 Å². The molecule has 0 amide bonds. The van der Waals surface area contributed by atoms with E-state index in [0.29, 0.717) is 12.6 Å². The molecule has 154 valence electrons. The summed E-state index contributed by atoms with van der Waals surface area (Å²) in [7, 11) is 0. The van der Waals surface area contributed by atoms with Gasteiger partial charge in [-0.15, -0.1) is 0 Å². The monoisotopic (exact) mass is 385 g/mol. The van der Waals surface area contributed by atoms with E-state index in [1.807, 2.05) is 12.1 Å². The Balaban J connectivity index is 1.90. The first-order valence-corrected chi connectivity index (χ1v) is 10.4. The number of hydrogen-bond acceptors (Lipinski definition) is 4. The first-order valence-electron chi connectivity index (χ1n) is 10.4. The van der Waals surface area contributed by atoms with Crippen LogP contribution >= 0.6 is 0 Å². The normalized spacial score (nSPS) is 13.0. The largest absolute Gasteiger partial charge is 0.357 e. The molecular weight excluding hydrogens is 350 g/mol. The number of aromatic nitrogens is 3. The predicted molar refractivity (Wildman–Crippen MR) is 116 cm³/mol. The minimum absolute atomic E-state index is 0.383. The Labute approximate surface area is 169 Å². The lowest BCUT2D eigenvalue weighted by atomic mass is 10.1. The van der Waals surface area contributed by atoms with E-state index in [-0.39, 0.29) is 0 Å². The molecule has 0 bridgehead atoms. The summed E-state index contributed by atoms with van der Waals surface area (Å²) in [6, 6.07) is 8.61. The minimum atomic E-state index is 0.383. The van der Waals surface area contributed by atoms with Crippen LogP contribution in [0.25, 0.3) is 11.4 Å². The van der Waals surface area contributed by atoms with Gasteiger partial charge in [0.05, 0.1) is 6.54 Å². The van der Waals surface area contributed by atoms with Crippen molar-refractivity contribution in [3.05, 3.63) is 36.2 Å². The van der Waals surface area contributed by atoms with Crippen molar-refractivity contribution in [1.82, 2.24) is 30.7 Å². The van der Waals surface area contributed by atoms with E-state index in [1.165, 1.54) is 12.7 Å². The number of nitrogens with one attached hydrogen (secondary N) is 3. The van der Waals surface area contributed by atoms with Gasteiger partial charge in [0.15, 0.2) is 11.8 Å². The summed E-state index contributed by atoms with van der Waals surface area (Å²) < 4.78 is 0. The standard InChI is InChI=1S/C21H35N7/c1-5-22-21(26-17(4)10-9-13-28(6-2)7-3)23-15-18-11-8-12-19(14-18)20-24-16-25-27-20/h8,11-12,14,16-17H,5-7,9-10,13,15H2,1-4H3,(H2,22,23,26)(H,24,25,27). The second-order valence-corrected chi connectivity index (χ2v) is 6.94. The molecule has 0 saturated heterocycles. The fourth-order valence-electron chi connectivity index (χ4n) is 3.12. The van der Waals surface area contributed by atoms with Crippen LogP contribution in [0.3, 0.4) is 0 Å². The van der Waals surface area contributed by atoms with Gasteiger partial charge in [0, 0.05) is 18.2 Å². The van der Waals surface area contributed by atoms with Crippen LogP contribution in [0, 0.1) is 0 Å². The molecular formula is C21H35N7. The molecule has 7 heteroatoms. The number of guanidine groups is 1. The van der Waals surface area contributed by atoms with Gasteiger partial charge in [-0.3, -0.25) is 5.10 Å². The van der Waals surface area contributed by atoms with Gasteiger partial charge in [0.2, 0.25) is 0 Å². The van der Waals surface area contributed by atoms with Crippen LogP contribution < -0.4 is 10.6 Å². The Kier molecular flexibility index (Phi) is 9.48. The molecule has 0 aliphatic carbocycles. The molecule has 3 N–H and O–H groups in total. The second kappa shape index (κ2) is 12.1. The number of hydrogen-bond donors (Lipinski definition) is 3. The fourth-order valence-corrected chi connectivity index (χ4v) is 3.12. The van der Waals surface area contributed by atoms with E-state index >= 15 is 0 Å². The highest BCUT2D eigenvalue weighted by molar-refractivity contribution is 5.80. The van der Waals surface area contributed by atoms with Crippen molar-refractivity contribution in [3.63, 3.8) is 0 Å². The number of aliphatic imine (C=N–C) groups is 1. The summed E-state index contributed by atoms with van der Waals surface area (Å²) in [5.74, 6) is 1.64. The third-order valence-corrected chi connectivity index (χ3v) is 4.77. The average Bonchev–Trinajstić information content (AvgIpc) is 3.25. The zero-order chi connectivity index (χ0) is 20.2. The third-order valence-electron chi connectivity index (χ3n) is 4.77. The number of H-pyrrole nitrogens is 1. The van der Waals surface area contributed by atoms with Crippen molar-refractivity contribution in [2.45, 2.75) is 53.1 Å². The third kappa shape index (κ3) is 7.31. The SMILES string of the molecule is CCNC(=NCc1cccc(-c2ncn[nH]2)c1)NC(C)CCCN(CC)CC. The molecule has 0 aliphatic rings. The molecule has 1 aromatic carbocycles. The lowest BCUT2D eigenvalue weighted by Gasteiger charge is -2.21. The van der Waals surface area contributed by atoms with Crippen molar-refractivity contribution < 1.29 is 0 Å². The second-order valence-electron chi connectivity index (χ2n) is 6.94. The summed E-state index contributed by atoms with van der Waals surface area (Å²) in [5.41, 5.74) is 2.16. The summed E-state index contributed by atoms with van der Waals surface area (Å²) in [4.78, 5) is 11.4. The quantitative estimate of drug-likeness (QED) is 0.409. The topological polar surface area (TPSA) is 81.2 Å². The van der Waals surface area contributed by atoms with Crippen LogP contribution in [-0.4, -0.2) is 58.3 Å². The Morgan fingerprint density at radius 2 is 2.07 bits per heavy atom. The lowest BCUT2D eigenvalue weighted by molar-refractivity contribution is 0.292. The molecule has 1 heterocycles. The van der Waals surface area contributed by atoms with Gasteiger partial charge in [-0.1, -0.05) is 32.0 Å². The van der Waals surface area contributed by atoms with Crippen LogP contribution in [0.15, 0.2) is 35.6 Å². The van der Waals surface area contributed by atoms with E-state index in [9.17, 15) is 0 Å². The molecule has 0 fully saturated rings. The number of benzene rings is 1. The molecule has 0 spiro atoms. The molecule has 1 aromatic heterocycles. The van der Waals surface area contributed by atoms with Crippen LogP contribution in [-0.2, 0) is 6.54 Å². The smallest absolute Gasteiger partial charge is 0.191 e. The van der Waals surface area contributed by atoms with E-state index in [4.69, 9.17) is 4.99 Å². The average molecular weight is 386 g/mol. The van der Waals surface area contributed by atoms with E-state index in [0.717, 1.165) is 55.5 Å². The van der Waals surface area contributed by atoms with Crippen molar-refractivity contribution in [3.8, 4) is 11.4 Å². The molecule has 0 aliphatic heterocycles. The zero-order valence-corrected chi connectivity index (χ0v) is 17.7. The summed E-state index contributed by atoms with van der Waals surface area (Å²) in [6.07, 6.45) is 3.84. The first-order chi connectivity index (χ1) is 13.7. The van der Waals surface area contributed by atoms with E-state index < -0.39 is 0 Å². The van der Waals surface area contributed by atoms with Gasteiger partial charge in [-0.05, 0) is 58.0 Å². The highest BCUT2D eigenvalue weighted by Crippen LogP contribution is 2.15. The predicted octanol–water partition coefficient (Wildman–Crippen LogP) is 3.04. The van der Waals surface area contributed by atoms with Gasteiger partial charge in [-0.25, -0.2) is 9.98 Å². The molecule has 2 rings (SSSR count). The lowest BCUT2D eigenvalue weighted by Crippen LogP contribution is -2.42. The maximum Gasteiger partial charge on any atom is 0.191 e. The maximum atomic E-state index is 4.76. The van der Waals surface area contributed by atoms with Crippen molar-refractivity contribution >= 4 is 5.96 Å². The van der Waals surface area contributed by atoms with Crippen LogP contribution in [0.2, 0.25) is 0 Å². The van der Waals surface area contributed by atoms with E-state index in [2.05, 4.69) is 70.5 Å². The highest BCUT2D eigenvalue weighted by atomic mass is 15.2. The summed E-state index contributed by atoms with van der Waals surface area (Å²) in [5, 5.41) is 13.7. The molecule has 7 nitrogen and oxygen atoms in total. The van der Waals surface area contributed by atoms with Gasteiger partial charge >= 0.3 is 0 Å². The Morgan fingerprint density at radius 1 is 1.25 bits per heavy atom. The molecule has 0 radical (unpaired) electrons. The maximum absolute atomic E-state index is 4.76. The number of aromatic amines is 1. The summed E-state index contributed by atoms with van der Waals surface area (Å²) >= 11 is 0. The van der Waals surface area contributed by atoms with Crippen LogP contribution in [0.5, 0.6) is 0 Å². The van der Waals surface area contributed by atoms with Crippen LogP contribution in [0.1, 0.15) is 46.1 Å². The molecule has 1 unspecified atom stereocenters. The van der Waals surface area contributed by atoms with Gasteiger partial charge in [-0.2, -0.15) is 5.10 Å². The zero-order valence-electron chi connectivity index (χ0n) is 17.7. The first kappa shape index (κ1) is 21.9. The van der Waals surface area contributed by atoms with Crippen molar-refractivity contribution in [2.24, 2.45) is 4.99 Å². The highest BCUT2D eigenvalue weighted by Gasteiger charge is 2.07. The Morgan fingerprint density at radius 3 is 2.75 bits per heavy atom. The minimum Gasteiger partial charge on any atom is -0.357 e. The van der Waals surface area contributed by atoms with Crippen molar-refractivity contribution in [2.75, 3.05) is 26.2 Å². The van der Waals surface area contributed by atoms with Gasteiger partial charge in [0.25, 0.3) is 0 Å². The van der Waals surface area contributed by atoms with Gasteiger partial charge < -0.3 is 15.5 Å². The Hall–Kier alpha value is -2.41. The molecule has 1 atom stereocenters. The molecule has 2 aromatic rings.